The molecule has 0 fully saturated rings. The van der Waals surface area contributed by atoms with Gasteiger partial charge in [-0.1, -0.05) is 11.6 Å². The first-order chi connectivity index (χ1) is 6.25. The fourth-order valence-corrected chi connectivity index (χ4v) is 2.54. The lowest BCUT2D eigenvalue weighted by Gasteiger charge is -2.08. The van der Waals surface area contributed by atoms with Crippen LogP contribution in [0.3, 0.4) is 0 Å². The molecule has 0 aliphatic heterocycles. The van der Waals surface area contributed by atoms with Crippen LogP contribution >= 0.6 is 11.6 Å². The van der Waals surface area contributed by atoms with Crippen LogP contribution in [0.2, 0.25) is 5.02 Å². The SMILES string of the molecule is Cc1cc(Cl)c(S(=O)(=O)F)c(C)c1O. The molecule has 6 heteroatoms. The topological polar surface area (TPSA) is 54.4 Å². The zero-order valence-electron chi connectivity index (χ0n) is 7.51. The van der Waals surface area contributed by atoms with E-state index in [1.54, 1.807) is 6.92 Å². The maximum atomic E-state index is 12.7. The summed E-state index contributed by atoms with van der Waals surface area (Å²) >= 11 is 5.56. The Morgan fingerprint density at radius 3 is 2.36 bits per heavy atom. The second kappa shape index (κ2) is 3.40. The average molecular weight is 239 g/mol. The fourth-order valence-electron chi connectivity index (χ4n) is 1.21. The summed E-state index contributed by atoms with van der Waals surface area (Å²) in [5.74, 6) is -0.259. The first-order valence-electron chi connectivity index (χ1n) is 3.68. The quantitative estimate of drug-likeness (QED) is 0.764. The van der Waals surface area contributed by atoms with Gasteiger partial charge in [0.25, 0.3) is 0 Å². The van der Waals surface area contributed by atoms with Crippen molar-refractivity contribution < 1.29 is 17.4 Å². The van der Waals surface area contributed by atoms with Crippen LogP contribution in [0.25, 0.3) is 0 Å². The predicted octanol–water partition coefficient (Wildman–Crippen LogP) is 2.32. The minimum Gasteiger partial charge on any atom is -0.507 e. The van der Waals surface area contributed by atoms with E-state index in [0.717, 1.165) is 0 Å². The third-order valence-electron chi connectivity index (χ3n) is 1.87. The maximum Gasteiger partial charge on any atom is 0.333 e. The maximum absolute atomic E-state index is 12.7. The first kappa shape index (κ1) is 11.3. The predicted molar refractivity (Wildman–Crippen MR) is 50.9 cm³/mol. The normalized spacial score (nSPS) is 11.7. The number of aromatic hydroxyl groups is 1. The molecule has 0 bridgehead atoms. The zero-order chi connectivity index (χ0) is 11.1. The number of rotatable bonds is 1. The van der Waals surface area contributed by atoms with Crippen molar-refractivity contribution in [1.82, 2.24) is 0 Å². The minimum atomic E-state index is -4.90. The zero-order valence-corrected chi connectivity index (χ0v) is 9.08. The molecule has 0 atom stereocenters. The van der Waals surface area contributed by atoms with Gasteiger partial charge in [-0.3, -0.25) is 0 Å². The van der Waals surface area contributed by atoms with Gasteiger partial charge in [0.15, 0.2) is 0 Å². The van der Waals surface area contributed by atoms with Crippen molar-refractivity contribution in [2.75, 3.05) is 0 Å². The molecule has 1 N–H and O–H groups in total. The van der Waals surface area contributed by atoms with Gasteiger partial charge in [0.05, 0.1) is 5.02 Å². The molecule has 0 saturated carbocycles. The van der Waals surface area contributed by atoms with E-state index in [9.17, 15) is 17.4 Å². The molecule has 1 aromatic rings. The van der Waals surface area contributed by atoms with Gasteiger partial charge in [0.1, 0.15) is 10.6 Å². The van der Waals surface area contributed by atoms with Crippen molar-refractivity contribution in [3.63, 3.8) is 0 Å². The van der Waals surface area contributed by atoms with Crippen molar-refractivity contribution in [2.45, 2.75) is 18.7 Å². The third kappa shape index (κ3) is 1.83. The largest absolute Gasteiger partial charge is 0.507 e. The highest BCUT2D eigenvalue weighted by Crippen LogP contribution is 2.34. The summed E-state index contributed by atoms with van der Waals surface area (Å²) in [5, 5.41) is 9.16. The summed E-state index contributed by atoms with van der Waals surface area (Å²) in [6.45, 7) is 2.84. The number of benzene rings is 1. The molecule has 78 valence electrons. The Bertz CT molecular complexity index is 482. The van der Waals surface area contributed by atoms with E-state index in [1.807, 2.05) is 0 Å². The van der Waals surface area contributed by atoms with Gasteiger partial charge in [-0.05, 0) is 25.5 Å². The van der Waals surface area contributed by atoms with Crippen LogP contribution in [0.15, 0.2) is 11.0 Å². The van der Waals surface area contributed by atoms with Gasteiger partial charge in [-0.15, -0.1) is 3.89 Å². The lowest BCUT2D eigenvalue weighted by Crippen LogP contribution is -1.98. The van der Waals surface area contributed by atoms with Crippen LogP contribution in [-0.4, -0.2) is 13.5 Å². The van der Waals surface area contributed by atoms with E-state index in [0.29, 0.717) is 5.56 Å². The lowest BCUT2D eigenvalue weighted by atomic mass is 10.1. The molecule has 0 aliphatic rings. The van der Waals surface area contributed by atoms with E-state index >= 15 is 0 Å². The monoisotopic (exact) mass is 238 g/mol. The van der Waals surface area contributed by atoms with Crippen LogP contribution in [0.4, 0.5) is 3.89 Å². The van der Waals surface area contributed by atoms with Gasteiger partial charge in [0.2, 0.25) is 0 Å². The molecule has 14 heavy (non-hydrogen) atoms. The second-order valence-corrected chi connectivity index (χ2v) is 4.61. The highest BCUT2D eigenvalue weighted by atomic mass is 35.5. The molecule has 1 aromatic carbocycles. The molecule has 0 radical (unpaired) electrons. The van der Waals surface area contributed by atoms with Crippen molar-refractivity contribution in [2.24, 2.45) is 0 Å². The Balaban J connectivity index is 3.70. The highest BCUT2D eigenvalue weighted by Gasteiger charge is 2.22. The Morgan fingerprint density at radius 1 is 1.43 bits per heavy atom. The van der Waals surface area contributed by atoms with Crippen LogP contribution < -0.4 is 0 Å². The Hall–Kier alpha value is -0.810. The Morgan fingerprint density at radius 2 is 1.93 bits per heavy atom. The van der Waals surface area contributed by atoms with E-state index in [4.69, 9.17) is 11.6 Å². The van der Waals surface area contributed by atoms with Gasteiger partial charge in [0, 0.05) is 5.56 Å². The summed E-state index contributed by atoms with van der Waals surface area (Å²) < 4.78 is 34.1. The molecule has 0 amide bonds. The first-order valence-corrected chi connectivity index (χ1v) is 5.44. The molecule has 0 spiro atoms. The van der Waals surface area contributed by atoms with Crippen molar-refractivity contribution in [3.05, 3.63) is 22.2 Å². The molecule has 0 aliphatic carbocycles. The van der Waals surface area contributed by atoms with Crippen molar-refractivity contribution in [3.8, 4) is 5.75 Å². The molecule has 3 nitrogen and oxygen atoms in total. The number of hydrogen-bond acceptors (Lipinski definition) is 3. The van der Waals surface area contributed by atoms with Crippen LogP contribution in [0, 0.1) is 13.8 Å². The summed E-state index contributed by atoms with van der Waals surface area (Å²) in [7, 11) is -4.90. The standard InChI is InChI=1S/C8H8ClFO3S/c1-4-3-6(9)8(14(10,12)13)5(2)7(4)11/h3,11H,1-2H3. The smallest absolute Gasteiger partial charge is 0.333 e. The molecular formula is C8H8ClFO3S. The average Bonchev–Trinajstić information content (AvgIpc) is 1.97. The number of hydrogen-bond donors (Lipinski definition) is 1. The van der Waals surface area contributed by atoms with Crippen LogP contribution in [0.1, 0.15) is 11.1 Å². The number of aryl methyl sites for hydroxylation is 1. The molecule has 0 aromatic heterocycles. The highest BCUT2D eigenvalue weighted by molar-refractivity contribution is 7.86. The van der Waals surface area contributed by atoms with Crippen molar-refractivity contribution >= 4 is 21.8 Å². The van der Waals surface area contributed by atoms with Crippen LogP contribution in [-0.2, 0) is 10.2 Å². The molecular weight excluding hydrogens is 231 g/mol. The Labute approximate surface area is 86.3 Å². The summed E-state index contributed by atoms with van der Waals surface area (Å²) in [6.07, 6.45) is 0. The van der Waals surface area contributed by atoms with E-state index in [-0.39, 0.29) is 16.3 Å². The van der Waals surface area contributed by atoms with E-state index < -0.39 is 15.1 Å². The van der Waals surface area contributed by atoms with E-state index in [1.165, 1.54) is 13.0 Å². The summed E-state index contributed by atoms with van der Waals surface area (Å²) in [6, 6.07) is 1.20. The number of phenolic OH excluding ortho intramolecular Hbond substituents is 1. The number of halogens is 2. The van der Waals surface area contributed by atoms with Gasteiger partial charge >= 0.3 is 10.2 Å². The second-order valence-electron chi connectivity index (χ2n) is 2.92. The van der Waals surface area contributed by atoms with Crippen molar-refractivity contribution in [1.29, 1.82) is 0 Å². The minimum absolute atomic E-state index is 0.0718. The third-order valence-corrected chi connectivity index (χ3v) is 3.30. The summed E-state index contributed by atoms with van der Waals surface area (Å²) in [5.41, 5.74) is 0.331. The van der Waals surface area contributed by atoms with Gasteiger partial charge < -0.3 is 5.11 Å². The van der Waals surface area contributed by atoms with E-state index in [2.05, 4.69) is 0 Å². The molecule has 0 heterocycles. The van der Waals surface area contributed by atoms with Crippen LogP contribution in [0.5, 0.6) is 5.75 Å². The van der Waals surface area contributed by atoms with Gasteiger partial charge in [-0.2, -0.15) is 8.42 Å². The fraction of sp³-hybridized carbons (Fsp3) is 0.250. The van der Waals surface area contributed by atoms with Gasteiger partial charge in [-0.25, -0.2) is 0 Å². The molecule has 0 saturated heterocycles. The molecule has 1 rings (SSSR count). The number of phenols is 1. The lowest BCUT2D eigenvalue weighted by molar-refractivity contribution is 0.463. The summed E-state index contributed by atoms with van der Waals surface area (Å²) in [4.78, 5) is -0.665. The molecule has 0 unspecified atom stereocenters. The Kier molecular flexibility index (Phi) is 2.74.